The summed E-state index contributed by atoms with van der Waals surface area (Å²) in [5.41, 5.74) is 2.44. The molecule has 3 atom stereocenters. The maximum atomic E-state index is 14.1. The Hall–Kier alpha value is -4.46. The number of carbonyl (C=O) groups is 2. The quantitative estimate of drug-likeness (QED) is 0.243. The molecular weight excluding hydrogens is 562 g/mol. The molecule has 1 heterocycles. The summed E-state index contributed by atoms with van der Waals surface area (Å²) in [4.78, 5) is 31.4. The van der Waals surface area contributed by atoms with Gasteiger partial charge in [0.05, 0.1) is 17.7 Å². The number of benzene rings is 4. The molecule has 4 aromatic carbocycles. The van der Waals surface area contributed by atoms with Crippen LogP contribution in [0.25, 0.3) is 0 Å². The van der Waals surface area contributed by atoms with E-state index in [2.05, 4.69) is 17.1 Å². The van der Waals surface area contributed by atoms with Crippen LogP contribution in [0.1, 0.15) is 46.8 Å². The largest absolute Gasteiger partial charge is 0.488 e. The second-order valence-corrected chi connectivity index (χ2v) is 12.1. The topological polar surface area (TPSA) is 82.1 Å². The highest BCUT2D eigenvalue weighted by molar-refractivity contribution is 5.97. The van der Waals surface area contributed by atoms with Gasteiger partial charge in [-0.2, -0.15) is 0 Å². The van der Waals surface area contributed by atoms with Gasteiger partial charge in [0, 0.05) is 33.2 Å². The Kier molecular flexibility index (Phi) is 10.3. The van der Waals surface area contributed by atoms with E-state index in [1.54, 1.807) is 31.1 Å². The van der Waals surface area contributed by atoms with E-state index in [1.807, 2.05) is 103 Å². The molecule has 7 heteroatoms. The first kappa shape index (κ1) is 31.9. The molecular formula is C38H43N3O4. The van der Waals surface area contributed by atoms with Crippen molar-refractivity contribution in [3.05, 3.63) is 138 Å². The number of rotatable bonds is 11. The van der Waals surface area contributed by atoms with Crippen molar-refractivity contribution in [2.75, 3.05) is 27.2 Å². The molecule has 0 radical (unpaired) electrons. The van der Waals surface area contributed by atoms with E-state index in [0.717, 1.165) is 16.7 Å². The van der Waals surface area contributed by atoms with Gasteiger partial charge in [0.1, 0.15) is 17.8 Å². The molecule has 0 saturated carbocycles. The fraction of sp³-hybridized carbons (Fsp3) is 0.316. The van der Waals surface area contributed by atoms with Gasteiger partial charge in [0.15, 0.2) is 0 Å². The number of β-amino-alcohol motifs (C(OH)–C–C–N with tert-alkyl or cyclic N) is 1. The van der Waals surface area contributed by atoms with Crippen molar-refractivity contribution >= 4 is 11.8 Å². The summed E-state index contributed by atoms with van der Waals surface area (Å²) >= 11 is 0. The smallest absolute Gasteiger partial charge is 0.255 e. The van der Waals surface area contributed by atoms with Gasteiger partial charge in [-0.1, -0.05) is 103 Å². The molecule has 0 bridgehead atoms. The molecule has 45 heavy (non-hydrogen) atoms. The second kappa shape index (κ2) is 14.5. The fourth-order valence-electron chi connectivity index (χ4n) is 6.42. The van der Waals surface area contributed by atoms with Gasteiger partial charge >= 0.3 is 0 Å². The van der Waals surface area contributed by atoms with Crippen molar-refractivity contribution in [1.82, 2.24) is 15.1 Å². The number of ether oxygens (including phenoxy) is 1. The lowest BCUT2D eigenvalue weighted by Crippen LogP contribution is -2.57. The van der Waals surface area contributed by atoms with Crippen molar-refractivity contribution < 1.29 is 19.4 Å². The summed E-state index contributed by atoms with van der Waals surface area (Å²) < 4.78 is 6.00. The molecule has 1 aliphatic rings. The van der Waals surface area contributed by atoms with Crippen LogP contribution in [0.3, 0.4) is 0 Å². The van der Waals surface area contributed by atoms with Crippen LogP contribution < -0.4 is 10.1 Å². The number of likely N-dealkylation sites (tertiary alicyclic amines) is 1. The first-order chi connectivity index (χ1) is 21.8. The van der Waals surface area contributed by atoms with Gasteiger partial charge in [-0.05, 0) is 48.6 Å². The Morgan fingerprint density at radius 3 is 2.02 bits per heavy atom. The standard InChI is InChI=1S/C38H43N3O4/c1-28(25-38(37(44)40(2)3,30-17-9-5-10-18-30)31-19-11-6-12-20-31)41-24-23-33(34(42)26-41)39-36(43)32-21-13-14-22-35(32)45-27-29-15-7-4-8-16-29/h4-22,28,33-34,42H,23-27H2,1-3H3,(H,39,43)/t28?,33-,34-/m1/s1. The predicted molar refractivity (Wildman–Crippen MR) is 177 cm³/mol. The zero-order chi connectivity index (χ0) is 31.8. The number of likely N-dealkylation sites (N-methyl/N-ethyl adjacent to an activating group) is 1. The number of nitrogens with one attached hydrogen (secondary N) is 1. The van der Waals surface area contributed by atoms with Crippen molar-refractivity contribution in [2.45, 2.75) is 50.0 Å². The van der Waals surface area contributed by atoms with Crippen LogP contribution in [-0.2, 0) is 16.8 Å². The Labute approximate surface area is 266 Å². The van der Waals surface area contributed by atoms with Gasteiger partial charge in [-0.3, -0.25) is 14.5 Å². The molecule has 1 unspecified atom stereocenters. The van der Waals surface area contributed by atoms with Crippen molar-refractivity contribution in [2.24, 2.45) is 0 Å². The summed E-state index contributed by atoms with van der Waals surface area (Å²) in [6.45, 7) is 3.53. The maximum absolute atomic E-state index is 14.1. The second-order valence-electron chi connectivity index (χ2n) is 12.1. The molecule has 1 fully saturated rings. The van der Waals surface area contributed by atoms with Crippen molar-refractivity contribution in [3.63, 3.8) is 0 Å². The third-order valence-corrected chi connectivity index (χ3v) is 8.83. The highest BCUT2D eigenvalue weighted by atomic mass is 16.5. The molecule has 4 aromatic rings. The molecule has 2 N–H and O–H groups in total. The van der Waals surface area contributed by atoms with Gasteiger partial charge in [-0.15, -0.1) is 0 Å². The molecule has 5 rings (SSSR count). The number of aliphatic hydroxyl groups excluding tert-OH is 1. The number of para-hydroxylation sites is 1. The van der Waals surface area contributed by atoms with Crippen LogP contribution in [0, 0.1) is 0 Å². The summed E-state index contributed by atoms with van der Waals surface area (Å²) in [5, 5.41) is 14.3. The third-order valence-electron chi connectivity index (χ3n) is 8.83. The van der Waals surface area contributed by atoms with E-state index in [-0.39, 0.29) is 17.9 Å². The van der Waals surface area contributed by atoms with Crippen molar-refractivity contribution in [1.29, 1.82) is 0 Å². The van der Waals surface area contributed by atoms with Crippen LogP contribution in [0.15, 0.2) is 115 Å². The summed E-state index contributed by atoms with van der Waals surface area (Å²) in [7, 11) is 3.60. The molecule has 0 aliphatic carbocycles. The maximum Gasteiger partial charge on any atom is 0.255 e. The van der Waals surface area contributed by atoms with E-state index in [4.69, 9.17) is 4.74 Å². The Morgan fingerprint density at radius 2 is 1.44 bits per heavy atom. The minimum atomic E-state index is -0.898. The molecule has 0 aromatic heterocycles. The average molecular weight is 606 g/mol. The zero-order valence-corrected chi connectivity index (χ0v) is 26.3. The normalized spacial score (nSPS) is 17.7. The molecule has 7 nitrogen and oxygen atoms in total. The lowest BCUT2D eigenvalue weighted by molar-refractivity contribution is -0.134. The number of carbonyl (C=O) groups excluding carboxylic acids is 2. The van der Waals surface area contributed by atoms with Crippen LogP contribution in [0.5, 0.6) is 5.75 Å². The average Bonchev–Trinajstić information content (AvgIpc) is 3.08. The molecule has 234 valence electrons. The molecule has 1 aliphatic heterocycles. The van der Waals surface area contributed by atoms with E-state index < -0.39 is 17.6 Å². The number of amides is 2. The highest BCUT2D eigenvalue weighted by Crippen LogP contribution is 2.40. The minimum Gasteiger partial charge on any atom is -0.488 e. The molecule has 1 saturated heterocycles. The lowest BCUT2D eigenvalue weighted by Gasteiger charge is -2.44. The number of piperidine rings is 1. The minimum absolute atomic E-state index is 0.0163. The molecule has 0 spiro atoms. The van der Waals surface area contributed by atoms with Crippen LogP contribution in [0.2, 0.25) is 0 Å². The number of nitrogens with zero attached hydrogens (tertiary/aromatic N) is 2. The van der Waals surface area contributed by atoms with Crippen LogP contribution in [0.4, 0.5) is 0 Å². The Bertz CT molecular complexity index is 1510. The number of hydrogen-bond donors (Lipinski definition) is 2. The fourth-order valence-corrected chi connectivity index (χ4v) is 6.42. The Balaban J connectivity index is 1.29. The van der Waals surface area contributed by atoms with Crippen LogP contribution >= 0.6 is 0 Å². The van der Waals surface area contributed by atoms with Crippen molar-refractivity contribution in [3.8, 4) is 5.75 Å². The molecule has 2 amide bonds. The number of aliphatic hydroxyl groups is 1. The first-order valence-electron chi connectivity index (χ1n) is 15.6. The van der Waals surface area contributed by atoms with E-state index in [9.17, 15) is 14.7 Å². The number of hydrogen-bond acceptors (Lipinski definition) is 5. The van der Waals surface area contributed by atoms with Gasteiger partial charge < -0.3 is 20.1 Å². The SMILES string of the molecule is CC(CC(C(=O)N(C)C)(c1ccccc1)c1ccccc1)N1CC[C@@H](NC(=O)c2ccccc2OCc2ccccc2)[C@H](O)C1. The monoisotopic (exact) mass is 605 g/mol. The van der Waals surface area contributed by atoms with Gasteiger partial charge in [0.25, 0.3) is 5.91 Å². The van der Waals surface area contributed by atoms with E-state index in [1.165, 1.54) is 0 Å². The van der Waals surface area contributed by atoms with E-state index >= 15 is 0 Å². The zero-order valence-electron chi connectivity index (χ0n) is 26.3. The van der Waals surface area contributed by atoms with E-state index in [0.29, 0.717) is 43.9 Å². The third kappa shape index (κ3) is 7.27. The summed E-state index contributed by atoms with van der Waals surface area (Å²) in [5.74, 6) is 0.249. The van der Waals surface area contributed by atoms with Gasteiger partial charge in [-0.25, -0.2) is 0 Å². The summed E-state index contributed by atoms with van der Waals surface area (Å²) in [6, 6.07) is 36.5. The lowest BCUT2D eigenvalue weighted by atomic mass is 9.69. The van der Waals surface area contributed by atoms with Gasteiger partial charge in [0.2, 0.25) is 5.91 Å². The predicted octanol–water partition coefficient (Wildman–Crippen LogP) is 5.28. The van der Waals surface area contributed by atoms with Crippen LogP contribution in [-0.4, -0.2) is 72.1 Å². The summed E-state index contributed by atoms with van der Waals surface area (Å²) in [6.07, 6.45) is 0.346. The Morgan fingerprint density at radius 1 is 0.889 bits per heavy atom. The first-order valence-corrected chi connectivity index (χ1v) is 15.6. The highest BCUT2D eigenvalue weighted by Gasteiger charge is 2.45.